The van der Waals surface area contributed by atoms with Gasteiger partial charge < -0.3 is 9.84 Å². The van der Waals surface area contributed by atoms with E-state index in [1.165, 1.54) is 0 Å². The molecule has 15 heavy (non-hydrogen) atoms. The molecule has 2 nitrogen and oxygen atoms in total. The van der Waals surface area contributed by atoms with Crippen LogP contribution in [0.15, 0.2) is 18.2 Å². The lowest BCUT2D eigenvalue weighted by Crippen LogP contribution is -1.99. The number of benzene rings is 1. The highest BCUT2D eigenvalue weighted by Gasteiger charge is 1.99. The molecule has 0 bridgehead atoms. The third kappa shape index (κ3) is 4.54. The van der Waals surface area contributed by atoms with Gasteiger partial charge in [0.2, 0.25) is 0 Å². The first-order valence-corrected chi connectivity index (χ1v) is 5.61. The molecule has 84 valence electrons. The summed E-state index contributed by atoms with van der Waals surface area (Å²) in [7, 11) is 0. The van der Waals surface area contributed by atoms with Gasteiger partial charge in [0.1, 0.15) is 5.75 Å². The molecule has 0 aromatic heterocycles. The van der Waals surface area contributed by atoms with Gasteiger partial charge in [-0.05, 0) is 49.9 Å². The van der Waals surface area contributed by atoms with Gasteiger partial charge in [0.25, 0.3) is 0 Å². The first kappa shape index (κ1) is 12.3. The van der Waals surface area contributed by atoms with Gasteiger partial charge in [-0.2, -0.15) is 0 Å². The minimum Gasteiger partial charge on any atom is -0.493 e. The van der Waals surface area contributed by atoms with Crippen LogP contribution >= 0.6 is 11.6 Å². The summed E-state index contributed by atoms with van der Waals surface area (Å²) in [5.74, 6) is 0.892. The lowest BCUT2D eigenvalue weighted by molar-refractivity contribution is 0.265. The summed E-state index contributed by atoms with van der Waals surface area (Å²) in [5, 5.41) is 9.34. The van der Waals surface area contributed by atoms with Crippen LogP contribution in [0.3, 0.4) is 0 Å². The zero-order chi connectivity index (χ0) is 11.1. The Morgan fingerprint density at radius 3 is 2.73 bits per heavy atom. The molecule has 1 aromatic carbocycles. The van der Waals surface area contributed by atoms with Crippen LogP contribution in [0.25, 0.3) is 0 Å². The van der Waals surface area contributed by atoms with E-state index in [0.717, 1.165) is 35.6 Å². The Hall–Kier alpha value is -0.730. The highest BCUT2D eigenvalue weighted by atomic mass is 35.5. The first-order valence-electron chi connectivity index (χ1n) is 5.24. The Labute approximate surface area is 95.8 Å². The van der Waals surface area contributed by atoms with Gasteiger partial charge >= 0.3 is 0 Å². The van der Waals surface area contributed by atoms with Gasteiger partial charge in [-0.25, -0.2) is 0 Å². The number of hydrogen-bond donors (Lipinski definition) is 1. The van der Waals surface area contributed by atoms with Crippen molar-refractivity contribution in [3.8, 4) is 5.75 Å². The minimum absolute atomic E-state index is 0.264. The second-order valence-corrected chi connectivity index (χ2v) is 3.98. The monoisotopic (exact) mass is 228 g/mol. The third-order valence-electron chi connectivity index (χ3n) is 2.20. The Morgan fingerprint density at radius 2 is 2.07 bits per heavy atom. The highest BCUT2D eigenvalue weighted by molar-refractivity contribution is 6.30. The number of unbranched alkanes of at least 4 members (excludes halogenated alkanes) is 2. The highest BCUT2D eigenvalue weighted by Crippen LogP contribution is 2.21. The summed E-state index contributed by atoms with van der Waals surface area (Å²) in [4.78, 5) is 0. The molecule has 3 heteroatoms. The van der Waals surface area contributed by atoms with Crippen LogP contribution in [0.1, 0.15) is 24.8 Å². The van der Waals surface area contributed by atoms with Gasteiger partial charge in [-0.15, -0.1) is 0 Å². The maximum absolute atomic E-state index is 8.60. The molecule has 0 unspecified atom stereocenters. The number of aryl methyl sites for hydroxylation is 1. The molecule has 0 heterocycles. The molecule has 0 aliphatic rings. The van der Waals surface area contributed by atoms with E-state index < -0.39 is 0 Å². The van der Waals surface area contributed by atoms with Gasteiger partial charge in [0, 0.05) is 11.6 Å². The van der Waals surface area contributed by atoms with Crippen LogP contribution in [0.5, 0.6) is 5.75 Å². The van der Waals surface area contributed by atoms with E-state index in [4.69, 9.17) is 21.4 Å². The number of aliphatic hydroxyl groups is 1. The number of rotatable bonds is 6. The van der Waals surface area contributed by atoms with Gasteiger partial charge in [0.15, 0.2) is 0 Å². The fourth-order valence-electron chi connectivity index (χ4n) is 1.35. The summed E-state index contributed by atoms with van der Waals surface area (Å²) in [6.07, 6.45) is 2.83. The van der Waals surface area contributed by atoms with Crippen molar-refractivity contribution in [1.29, 1.82) is 0 Å². The van der Waals surface area contributed by atoms with Crippen LogP contribution in [0.4, 0.5) is 0 Å². The summed E-state index contributed by atoms with van der Waals surface area (Å²) >= 11 is 5.84. The van der Waals surface area contributed by atoms with E-state index in [0.29, 0.717) is 6.61 Å². The lowest BCUT2D eigenvalue weighted by atomic mass is 10.2. The lowest BCUT2D eigenvalue weighted by Gasteiger charge is -2.08. The standard InChI is InChI=1S/C12H17ClO2/c1-10-9-11(13)5-6-12(10)15-8-4-2-3-7-14/h5-6,9,14H,2-4,7-8H2,1H3. The van der Waals surface area contributed by atoms with Crippen LogP contribution in [-0.4, -0.2) is 18.3 Å². The van der Waals surface area contributed by atoms with Crippen LogP contribution in [-0.2, 0) is 0 Å². The predicted molar refractivity (Wildman–Crippen MR) is 62.6 cm³/mol. The van der Waals surface area contributed by atoms with Crippen molar-refractivity contribution in [1.82, 2.24) is 0 Å². The molecule has 0 aliphatic heterocycles. The minimum atomic E-state index is 0.264. The number of hydrogen-bond acceptors (Lipinski definition) is 2. The molecule has 0 saturated heterocycles. The topological polar surface area (TPSA) is 29.5 Å². The Kier molecular flexibility index (Phi) is 5.51. The van der Waals surface area contributed by atoms with E-state index in [2.05, 4.69) is 0 Å². The van der Waals surface area contributed by atoms with Gasteiger partial charge in [-0.3, -0.25) is 0 Å². The maximum Gasteiger partial charge on any atom is 0.122 e. The molecular formula is C12H17ClO2. The molecule has 0 amide bonds. The average Bonchev–Trinajstić information content (AvgIpc) is 2.20. The van der Waals surface area contributed by atoms with Crippen LogP contribution < -0.4 is 4.74 Å². The van der Waals surface area contributed by atoms with Gasteiger partial charge in [-0.1, -0.05) is 11.6 Å². The normalized spacial score (nSPS) is 10.3. The van der Waals surface area contributed by atoms with Crippen molar-refractivity contribution >= 4 is 11.6 Å². The Balaban J connectivity index is 2.31. The summed E-state index contributed by atoms with van der Waals surface area (Å²) in [5.41, 5.74) is 1.06. The molecule has 0 fully saturated rings. The van der Waals surface area contributed by atoms with E-state index in [1.807, 2.05) is 25.1 Å². The second kappa shape index (κ2) is 6.70. The Morgan fingerprint density at radius 1 is 1.27 bits per heavy atom. The molecule has 1 aromatic rings. The predicted octanol–water partition coefficient (Wildman–Crippen LogP) is 3.19. The van der Waals surface area contributed by atoms with E-state index in [1.54, 1.807) is 0 Å². The summed E-state index contributed by atoms with van der Waals surface area (Å²) in [6.45, 7) is 2.94. The molecule has 0 spiro atoms. The van der Waals surface area contributed by atoms with E-state index in [9.17, 15) is 0 Å². The number of aliphatic hydroxyl groups excluding tert-OH is 1. The fourth-order valence-corrected chi connectivity index (χ4v) is 1.57. The molecule has 0 aliphatic carbocycles. The number of ether oxygens (including phenoxy) is 1. The SMILES string of the molecule is Cc1cc(Cl)ccc1OCCCCCO. The summed E-state index contributed by atoms with van der Waals surface area (Å²) in [6, 6.07) is 5.62. The molecule has 0 saturated carbocycles. The quantitative estimate of drug-likeness (QED) is 0.758. The van der Waals surface area contributed by atoms with Crippen molar-refractivity contribution in [2.45, 2.75) is 26.2 Å². The molecule has 1 rings (SSSR count). The fraction of sp³-hybridized carbons (Fsp3) is 0.500. The molecular weight excluding hydrogens is 212 g/mol. The van der Waals surface area contributed by atoms with Crippen molar-refractivity contribution in [2.75, 3.05) is 13.2 Å². The molecule has 0 atom stereocenters. The smallest absolute Gasteiger partial charge is 0.122 e. The Bertz CT molecular complexity index is 300. The van der Waals surface area contributed by atoms with Crippen molar-refractivity contribution in [3.05, 3.63) is 28.8 Å². The van der Waals surface area contributed by atoms with Crippen molar-refractivity contribution in [3.63, 3.8) is 0 Å². The van der Waals surface area contributed by atoms with Crippen molar-refractivity contribution < 1.29 is 9.84 Å². The van der Waals surface area contributed by atoms with Crippen LogP contribution in [0.2, 0.25) is 5.02 Å². The first-order chi connectivity index (χ1) is 7.24. The average molecular weight is 229 g/mol. The zero-order valence-corrected chi connectivity index (χ0v) is 9.76. The third-order valence-corrected chi connectivity index (χ3v) is 2.43. The van der Waals surface area contributed by atoms with Crippen LogP contribution in [0, 0.1) is 6.92 Å². The van der Waals surface area contributed by atoms with E-state index in [-0.39, 0.29) is 6.61 Å². The zero-order valence-electron chi connectivity index (χ0n) is 9.00. The maximum atomic E-state index is 8.60. The second-order valence-electron chi connectivity index (χ2n) is 3.54. The summed E-state index contributed by atoms with van der Waals surface area (Å²) < 4.78 is 5.60. The largest absolute Gasteiger partial charge is 0.493 e. The number of halogens is 1. The van der Waals surface area contributed by atoms with E-state index >= 15 is 0 Å². The van der Waals surface area contributed by atoms with Gasteiger partial charge in [0.05, 0.1) is 6.61 Å². The van der Waals surface area contributed by atoms with Crippen molar-refractivity contribution in [2.24, 2.45) is 0 Å². The molecule has 0 radical (unpaired) electrons. The molecule has 1 N–H and O–H groups in total.